The maximum atomic E-state index is 13.1. The van der Waals surface area contributed by atoms with E-state index in [2.05, 4.69) is 0 Å². The van der Waals surface area contributed by atoms with E-state index in [0.29, 0.717) is 24.3 Å². The van der Waals surface area contributed by atoms with Gasteiger partial charge in [-0.1, -0.05) is 0 Å². The lowest BCUT2D eigenvalue weighted by Crippen LogP contribution is -2.28. The zero-order chi connectivity index (χ0) is 13.5. The van der Waals surface area contributed by atoms with Crippen molar-refractivity contribution in [3.63, 3.8) is 0 Å². The molecule has 96 valence electrons. The van der Waals surface area contributed by atoms with Crippen molar-refractivity contribution in [3.05, 3.63) is 29.6 Å². The Bertz CT molecular complexity index is 469. The normalized spacial score (nSPS) is 9.67. The molecule has 1 aromatic rings. The second-order valence-electron chi connectivity index (χ2n) is 3.86. The first-order chi connectivity index (χ1) is 8.58. The molecule has 0 aliphatic rings. The molecular weight excluding hydrogens is 235 g/mol. The van der Waals surface area contributed by atoms with Gasteiger partial charge in [-0.2, -0.15) is 5.26 Å². The van der Waals surface area contributed by atoms with Gasteiger partial charge in [-0.05, 0) is 30.2 Å². The molecule has 0 aliphatic heterocycles. The van der Waals surface area contributed by atoms with Gasteiger partial charge < -0.3 is 9.64 Å². The second-order valence-corrected chi connectivity index (χ2v) is 3.86. The van der Waals surface area contributed by atoms with Crippen LogP contribution in [-0.4, -0.2) is 31.5 Å². The molecule has 0 unspecified atom stereocenters. The number of methoxy groups -OCH3 is 1. The van der Waals surface area contributed by atoms with E-state index in [4.69, 9.17) is 10.00 Å². The van der Waals surface area contributed by atoms with Gasteiger partial charge in [0.05, 0.1) is 13.2 Å². The van der Waals surface area contributed by atoms with Gasteiger partial charge in [0, 0.05) is 13.6 Å². The highest BCUT2D eigenvalue weighted by Gasteiger charge is 2.10. The predicted molar refractivity (Wildman–Crippen MR) is 64.5 cm³/mol. The van der Waals surface area contributed by atoms with Gasteiger partial charge in [0.1, 0.15) is 18.0 Å². The molecule has 0 N–H and O–H groups in total. The van der Waals surface area contributed by atoms with Crippen molar-refractivity contribution in [2.24, 2.45) is 0 Å². The number of amides is 1. The number of ether oxygens (including phenoxy) is 1. The van der Waals surface area contributed by atoms with E-state index in [-0.39, 0.29) is 18.1 Å². The van der Waals surface area contributed by atoms with Crippen LogP contribution in [0.1, 0.15) is 12.0 Å². The summed E-state index contributed by atoms with van der Waals surface area (Å²) >= 11 is 0. The highest BCUT2D eigenvalue weighted by atomic mass is 19.1. The maximum Gasteiger partial charge on any atom is 0.236 e. The van der Waals surface area contributed by atoms with Crippen LogP contribution in [0.15, 0.2) is 18.2 Å². The smallest absolute Gasteiger partial charge is 0.236 e. The van der Waals surface area contributed by atoms with Crippen LogP contribution in [0.25, 0.3) is 0 Å². The molecule has 0 saturated carbocycles. The van der Waals surface area contributed by atoms with Crippen molar-refractivity contribution in [1.29, 1.82) is 5.26 Å². The van der Waals surface area contributed by atoms with Crippen LogP contribution in [0.3, 0.4) is 0 Å². The van der Waals surface area contributed by atoms with Crippen LogP contribution in [-0.2, 0) is 11.2 Å². The van der Waals surface area contributed by atoms with Gasteiger partial charge in [0.2, 0.25) is 5.91 Å². The number of carbonyl (C=O) groups is 1. The van der Waals surface area contributed by atoms with E-state index < -0.39 is 0 Å². The number of hydrogen-bond acceptors (Lipinski definition) is 3. The third kappa shape index (κ3) is 3.74. The van der Waals surface area contributed by atoms with Crippen LogP contribution in [0.4, 0.5) is 4.39 Å². The first-order valence-corrected chi connectivity index (χ1v) is 5.51. The van der Waals surface area contributed by atoms with Crippen molar-refractivity contribution < 1.29 is 13.9 Å². The van der Waals surface area contributed by atoms with Gasteiger partial charge >= 0.3 is 0 Å². The zero-order valence-electron chi connectivity index (χ0n) is 10.4. The molecule has 1 aromatic carbocycles. The Kier molecular flexibility index (Phi) is 5.12. The Morgan fingerprint density at radius 2 is 2.28 bits per heavy atom. The van der Waals surface area contributed by atoms with Crippen LogP contribution < -0.4 is 4.74 Å². The Morgan fingerprint density at radius 1 is 1.56 bits per heavy atom. The van der Waals surface area contributed by atoms with Gasteiger partial charge in [0.25, 0.3) is 0 Å². The molecule has 0 saturated heterocycles. The lowest BCUT2D eigenvalue weighted by Gasteiger charge is -2.16. The minimum atomic E-state index is -0.336. The van der Waals surface area contributed by atoms with Gasteiger partial charge in [0.15, 0.2) is 0 Å². The molecular formula is C13H15FN2O2. The van der Waals surface area contributed by atoms with E-state index in [1.165, 1.54) is 24.1 Å². The van der Waals surface area contributed by atoms with E-state index in [0.717, 1.165) is 0 Å². The lowest BCUT2D eigenvalue weighted by molar-refractivity contribution is -0.128. The van der Waals surface area contributed by atoms with Gasteiger partial charge in [-0.25, -0.2) is 4.39 Å². The fourth-order valence-electron chi connectivity index (χ4n) is 1.56. The molecule has 0 radical (unpaired) electrons. The summed E-state index contributed by atoms with van der Waals surface area (Å²) in [5, 5.41) is 8.42. The van der Waals surface area contributed by atoms with Crippen molar-refractivity contribution in [3.8, 4) is 11.8 Å². The largest absolute Gasteiger partial charge is 0.496 e. The standard InChI is InChI=1S/C13H15FN2O2/c1-16(13(17)5-7-15)8-6-10-9-11(14)3-4-12(10)18-2/h3-4,9H,5-6,8H2,1-2H3. The number of rotatable bonds is 5. The number of carbonyl (C=O) groups excluding carboxylic acids is 1. The lowest BCUT2D eigenvalue weighted by atomic mass is 10.1. The first kappa shape index (κ1) is 14.0. The summed E-state index contributed by atoms with van der Waals surface area (Å²) in [4.78, 5) is 12.8. The monoisotopic (exact) mass is 250 g/mol. The third-order valence-electron chi connectivity index (χ3n) is 2.62. The number of benzene rings is 1. The van der Waals surface area contributed by atoms with E-state index in [1.807, 2.05) is 0 Å². The highest BCUT2D eigenvalue weighted by molar-refractivity contribution is 5.77. The van der Waals surface area contributed by atoms with Crippen molar-refractivity contribution in [2.45, 2.75) is 12.8 Å². The van der Waals surface area contributed by atoms with Crippen molar-refractivity contribution in [2.75, 3.05) is 20.7 Å². The van der Waals surface area contributed by atoms with E-state index in [9.17, 15) is 9.18 Å². The maximum absolute atomic E-state index is 13.1. The minimum absolute atomic E-state index is 0.142. The molecule has 1 rings (SSSR count). The molecule has 0 heterocycles. The molecule has 1 amide bonds. The molecule has 0 fully saturated rings. The van der Waals surface area contributed by atoms with Crippen molar-refractivity contribution >= 4 is 5.91 Å². The summed E-state index contributed by atoms with van der Waals surface area (Å²) in [6.45, 7) is 0.417. The first-order valence-electron chi connectivity index (χ1n) is 5.51. The average molecular weight is 250 g/mol. The number of nitrogens with zero attached hydrogens (tertiary/aromatic N) is 2. The summed E-state index contributed by atoms with van der Waals surface area (Å²) in [6, 6.07) is 6.08. The predicted octanol–water partition coefficient (Wildman–Crippen LogP) is 1.75. The second kappa shape index (κ2) is 6.60. The van der Waals surface area contributed by atoms with Gasteiger partial charge in [-0.3, -0.25) is 4.79 Å². The highest BCUT2D eigenvalue weighted by Crippen LogP contribution is 2.19. The topological polar surface area (TPSA) is 53.3 Å². The molecule has 0 aliphatic carbocycles. The summed E-state index contributed by atoms with van der Waals surface area (Å²) in [5.41, 5.74) is 0.703. The molecule has 5 heteroatoms. The molecule has 0 bridgehead atoms. The van der Waals surface area contributed by atoms with Crippen LogP contribution in [0.2, 0.25) is 0 Å². The summed E-state index contributed by atoms with van der Waals surface area (Å²) in [7, 11) is 3.13. The summed E-state index contributed by atoms with van der Waals surface area (Å²) < 4.78 is 18.2. The fraction of sp³-hybridized carbons (Fsp3) is 0.385. The number of hydrogen-bond donors (Lipinski definition) is 0. The number of nitriles is 1. The number of halogens is 1. The summed E-state index contributed by atoms with van der Waals surface area (Å²) in [6.07, 6.45) is 0.339. The summed E-state index contributed by atoms with van der Waals surface area (Å²) in [5.74, 6) is 0.0159. The van der Waals surface area contributed by atoms with Crippen LogP contribution in [0, 0.1) is 17.1 Å². The van der Waals surface area contributed by atoms with E-state index >= 15 is 0 Å². The van der Waals surface area contributed by atoms with Crippen molar-refractivity contribution in [1.82, 2.24) is 4.90 Å². The quantitative estimate of drug-likeness (QED) is 0.800. The SMILES string of the molecule is COc1ccc(F)cc1CCN(C)C(=O)CC#N. The average Bonchev–Trinajstić information content (AvgIpc) is 2.36. The fourth-order valence-corrected chi connectivity index (χ4v) is 1.56. The number of likely N-dealkylation sites (N-methyl/N-ethyl adjacent to an activating group) is 1. The Balaban J connectivity index is 2.66. The van der Waals surface area contributed by atoms with Gasteiger partial charge in [-0.15, -0.1) is 0 Å². The zero-order valence-corrected chi connectivity index (χ0v) is 10.4. The Morgan fingerprint density at radius 3 is 2.89 bits per heavy atom. The molecule has 18 heavy (non-hydrogen) atoms. The van der Waals surface area contributed by atoms with Crippen LogP contribution in [0.5, 0.6) is 5.75 Å². The Hall–Kier alpha value is -2.09. The third-order valence-corrected chi connectivity index (χ3v) is 2.62. The molecule has 0 atom stereocenters. The molecule has 4 nitrogen and oxygen atoms in total. The minimum Gasteiger partial charge on any atom is -0.496 e. The molecule has 0 aromatic heterocycles. The molecule has 0 spiro atoms. The van der Waals surface area contributed by atoms with E-state index in [1.54, 1.807) is 19.2 Å². The Labute approximate surface area is 106 Å². The van der Waals surface area contributed by atoms with Crippen LogP contribution >= 0.6 is 0 Å².